The van der Waals surface area contributed by atoms with Crippen molar-refractivity contribution in [1.82, 2.24) is 4.98 Å². The molecule has 0 saturated heterocycles. The lowest BCUT2D eigenvalue weighted by Crippen LogP contribution is -2.02. The third-order valence-corrected chi connectivity index (χ3v) is 3.27. The number of rotatable bonds is 2. The van der Waals surface area contributed by atoms with Crippen LogP contribution in [0.2, 0.25) is 0 Å². The van der Waals surface area contributed by atoms with Gasteiger partial charge < -0.3 is 5.11 Å². The van der Waals surface area contributed by atoms with Gasteiger partial charge in [0.1, 0.15) is 6.10 Å². The lowest BCUT2D eigenvalue weighted by molar-refractivity contribution is 0.219. The molecule has 0 amide bonds. The van der Waals surface area contributed by atoms with Crippen molar-refractivity contribution in [2.75, 3.05) is 0 Å². The van der Waals surface area contributed by atoms with Gasteiger partial charge in [-0.2, -0.15) is 0 Å². The predicted octanol–water partition coefficient (Wildman–Crippen LogP) is 3.54. The van der Waals surface area contributed by atoms with E-state index in [0.717, 1.165) is 26.9 Å². The van der Waals surface area contributed by atoms with E-state index in [-0.39, 0.29) is 0 Å². The molecule has 1 aromatic carbocycles. The van der Waals surface area contributed by atoms with E-state index in [0.29, 0.717) is 0 Å². The first-order chi connectivity index (χ1) is 8.08. The average molecular weight is 292 g/mol. The molecule has 0 radical (unpaired) electrons. The van der Waals surface area contributed by atoms with Gasteiger partial charge >= 0.3 is 0 Å². The van der Waals surface area contributed by atoms with Gasteiger partial charge in [0.2, 0.25) is 0 Å². The molecule has 2 nitrogen and oxygen atoms in total. The predicted molar refractivity (Wildman–Crippen MR) is 71.9 cm³/mol. The van der Waals surface area contributed by atoms with E-state index in [9.17, 15) is 5.11 Å². The van der Waals surface area contributed by atoms with E-state index in [1.54, 1.807) is 6.20 Å². The highest BCUT2D eigenvalue weighted by Crippen LogP contribution is 2.26. The van der Waals surface area contributed by atoms with Gasteiger partial charge in [0.05, 0.1) is 0 Å². The van der Waals surface area contributed by atoms with E-state index in [2.05, 4.69) is 20.9 Å². The summed E-state index contributed by atoms with van der Waals surface area (Å²) in [4.78, 5) is 4.20. The number of benzene rings is 1. The third-order valence-electron chi connectivity index (χ3n) is 2.78. The Balaban J connectivity index is 2.36. The maximum absolute atomic E-state index is 10.3. The highest BCUT2D eigenvalue weighted by Gasteiger charge is 2.13. The lowest BCUT2D eigenvalue weighted by Gasteiger charge is -2.14. The van der Waals surface area contributed by atoms with Crippen LogP contribution >= 0.6 is 15.9 Å². The second kappa shape index (κ2) is 4.98. The van der Waals surface area contributed by atoms with Crippen molar-refractivity contribution >= 4 is 15.9 Å². The van der Waals surface area contributed by atoms with Gasteiger partial charge in [-0.1, -0.05) is 28.1 Å². The summed E-state index contributed by atoms with van der Waals surface area (Å²) in [5.74, 6) is 0. The van der Waals surface area contributed by atoms with Crippen molar-refractivity contribution in [3.63, 3.8) is 0 Å². The van der Waals surface area contributed by atoms with Gasteiger partial charge in [0.15, 0.2) is 0 Å². The zero-order chi connectivity index (χ0) is 12.4. The fourth-order valence-corrected chi connectivity index (χ4v) is 2.24. The number of halogens is 1. The van der Waals surface area contributed by atoms with Crippen LogP contribution in [0.25, 0.3) is 0 Å². The molecule has 0 saturated carbocycles. The molecule has 0 aliphatic carbocycles. The van der Waals surface area contributed by atoms with Gasteiger partial charge in [-0.05, 0) is 43.2 Å². The number of aliphatic hydroxyl groups excluding tert-OH is 1. The molecular formula is C14H14BrNO. The van der Waals surface area contributed by atoms with Crippen molar-refractivity contribution in [2.45, 2.75) is 20.0 Å². The molecule has 0 bridgehead atoms. The first-order valence-corrected chi connectivity index (χ1v) is 6.24. The molecule has 88 valence electrons. The van der Waals surface area contributed by atoms with Crippen molar-refractivity contribution in [3.8, 4) is 0 Å². The summed E-state index contributed by atoms with van der Waals surface area (Å²) in [6, 6.07) is 9.69. The van der Waals surface area contributed by atoms with Crippen LogP contribution in [0.3, 0.4) is 0 Å². The molecule has 1 aromatic heterocycles. The maximum Gasteiger partial charge on any atom is 0.106 e. The molecule has 1 atom stereocenters. The second-order valence-corrected chi connectivity index (χ2v) is 5.05. The topological polar surface area (TPSA) is 33.1 Å². The maximum atomic E-state index is 10.3. The Bertz CT molecular complexity index is 522. The average Bonchev–Trinajstić information content (AvgIpc) is 2.29. The van der Waals surface area contributed by atoms with Crippen LogP contribution in [0.1, 0.15) is 28.5 Å². The number of aliphatic hydroxyl groups is 1. The smallest absolute Gasteiger partial charge is 0.106 e. The lowest BCUT2D eigenvalue weighted by atomic mass is 9.99. The van der Waals surface area contributed by atoms with Crippen LogP contribution in [0, 0.1) is 13.8 Å². The van der Waals surface area contributed by atoms with Gasteiger partial charge in [-0.25, -0.2) is 0 Å². The van der Waals surface area contributed by atoms with E-state index in [4.69, 9.17) is 0 Å². The zero-order valence-corrected chi connectivity index (χ0v) is 11.4. The Morgan fingerprint density at radius 2 is 1.94 bits per heavy atom. The summed E-state index contributed by atoms with van der Waals surface area (Å²) >= 11 is 3.42. The van der Waals surface area contributed by atoms with Crippen molar-refractivity contribution in [3.05, 3.63) is 63.4 Å². The van der Waals surface area contributed by atoms with Gasteiger partial charge in [-0.15, -0.1) is 0 Å². The molecule has 2 aromatic rings. The van der Waals surface area contributed by atoms with Gasteiger partial charge in [0, 0.05) is 21.9 Å². The molecule has 3 heteroatoms. The third kappa shape index (κ3) is 2.73. The van der Waals surface area contributed by atoms with E-state index < -0.39 is 6.10 Å². The summed E-state index contributed by atoms with van der Waals surface area (Å²) in [6.07, 6.45) is 1.11. The van der Waals surface area contributed by atoms with Crippen LogP contribution in [-0.2, 0) is 0 Å². The Morgan fingerprint density at radius 1 is 1.18 bits per heavy atom. The summed E-state index contributed by atoms with van der Waals surface area (Å²) < 4.78 is 1.02. The number of hydrogen-bond acceptors (Lipinski definition) is 2. The van der Waals surface area contributed by atoms with Gasteiger partial charge in [0.25, 0.3) is 0 Å². The number of aromatic nitrogens is 1. The fourth-order valence-electron chi connectivity index (χ4n) is 1.77. The van der Waals surface area contributed by atoms with E-state index >= 15 is 0 Å². The molecule has 17 heavy (non-hydrogen) atoms. The Hall–Kier alpha value is -1.19. The second-order valence-electron chi connectivity index (χ2n) is 4.14. The van der Waals surface area contributed by atoms with Crippen molar-refractivity contribution < 1.29 is 5.11 Å². The van der Waals surface area contributed by atoms with Gasteiger partial charge in [-0.3, -0.25) is 4.98 Å². The summed E-state index contributed by atoms with van der Waals surface area (Å²) in [6.45, 7) is 3.92. The summed E-state index contributed by atoms with van der Waals surface area (Å²) in [7, 11) is 0. The van der Waals surface area contributed by atoms with E-state index in [1.807, 2.05) is 44.2 Å². The molecule has 1 heterocycles. The van der Waals surface area contributed by atoms with Crippen LogP contribution in [0.15, 0.2) is 41.0 Å². The Kier molecular flexibility index (Phi) is 3.60. The SMILES string of the molecule is Cc1ccc(C(O)c2ccc(Br)cc2C)cn1. The first-order valence-electron chi connectivity index (χ1n) is 5.44. The van der Waals surface area contributed by atoms with Crippen molar-refractivity contribution in [2.24, 2.45) is 0 Å². The Morgan fingerprint density at radius 3 is 2.53 bits per heavy atom. The minimum atomic E-state index is -0.615. The standard InChI is InChI=1S/C14H14BrNO/c1-9-7-12(15)5-6-13(9)14(17)11-4-3-10(2)16-8-11/h3-8,14,17H,1-2H3. The normalized spacial score (nSPS) is 12.5. The molecule has 1 N–H and O–H groups in total. The first kappa shape index (κ1) is 12.3. The number of pyridine rings is 1. The van der Waals surface area contributed by atoms with E-state index in [1.165, 1.54) is 0 Å². The number of hydrogen-bond donors (Lipinski definition) is 1. The Labute approximate surface area is 109 Å². The molecule has 0 aliphatic rings. The molecule has 2 rings (SSSR count). The zero-order valence-electron chi connectivity index (χ0n) is 9.81. The monoisotopic (exact) mass is 291 g/mol. The molecule has 0 aliphatic heterocycles. The van der Waals surface area contributed by atoms with Crippen LogP contribution in [0.4, 0.5) is 0 Å². The summed E-state index contributed by atoms with van der Waals surface area (Å²) in [5, 5.41) is 10.3. The molecular weight excluding hydrogens is 278 g/mol. The largest absolute Gasteiger partial charge is 0.384 e. The molecule has 0 spiro atoms. The number of nitrogens with zero attached hydrogens (tertiary/aromatic N) is 1. The highest BCUT2D eigenvalue weighted by atomic mass is 79.9. The summed E-state index contributed by atoms with van der Waals surface area (Å²) in [5.41, 5.74) is 3.75. The minimum absolute atomic E-state index is 0.615. The fraction of sp³-hybridized carbons (Fsp3) is 0.214. The van der Waals surface area contributed by atoms with Crippen molar-refractivity contribution in [1.29, 1.82) is 0 Å². The highest BCUT2D eigenvalue weighted by molar-refractivity contribution is 9.10. The molecule has 0 fully saturated rings. The van der Waals surface area contributed by atoms with Crippen LogP contribution in [0.5, 0.6) is 0 Å². The van der Waals surface area contributed by atoms with Crippen LogP contribution < -0.4 is 0 Å². The number of aryl methyl sites for hydroxylation is 2. The minimum Gasteiger partial charge on any atom is -0.384 e. The quantitative estimate of drug-likeness (QED) is 0.918. The molecule has 1 unspecified atom stereocenters. The van der Waals surface area contributed by atoms with Crippen LogP contribution in [-0.4, -0.2) is 10.1 Å².